The molecule has 1 aliphatic rings. The van der Waals surface area contributed by atoms with Crippen LogP contribution in [-0.2, 0) is 0 Å². The third-order valence-corrected chi connectivity index (χ3v) is 3.93. The zero-order chi connectivity index (χ0) is 14.8. The van der Waals surface area contributed by atoms with E-state index in [1.807, 2.05) is 12.1 Å². The van der Waals surface area contributed by atoms with E-state index in [1.165, 1.54) is 18.9 Å². The van der Waals surface area contributed by atoms with E-state index >= 15 is 0 Å². The van der Waals surface area contributed by atoms with Gasteiger partial charge in [-0.05, 0) is 49.9 Å². The Kier molecular flexibility index (Phi) is 3.84. The van der Waals surface area contributed by atoms with Crippen molar-refractivity contribution in [2.75, 3.05) is 0 Å². The van der Waals surface area contributed by atoms with Crippen LogP contribution >= 0.6 is 11.6 Å². The van der Waals surface area contributed by atoms with Gasteiger partial charge in [0.1, 0.15) is 11.4 Å². The van der Waals surface area contributed by atoms with Crippen LogP contribution in [0.1, 0.15) is 36.2 Å². The molecule has 0 aliphatic heterocycles. The molecular formula is C15H15ClN2O3. The van der Waals surface area contributed by atoms with Crippen LogP contribution < -0.4 is 4.74 Å². The number of hydrogen-bond donors (Lipinski definition) is 2. The van der Waals surface area contributed by atoms with Gasteiger partial charge >= 0.3 is 5.97 Å². The number of ether oxygens (including phenoxy) is 1. The normalized spacial score (nSPS) is 15.3. The molecule has 3 rings (SSSR count). The Hall–Kier alpha value is -2.01. The molecule has 5 nitrogen and oxygen atoms in total. The van der Waals surface area contributed by atoms with E-state index in [9.17, 15) is 4.79 Å². The lowest BCUT2D eigenvalue weighted by atomic mass is 10.1. The molecule has 1 aromatic carbocycles. The molecule has 2 N–H and O–H groups in total. The van der Waals surface area contributed by atoms with Gasteiger partial charge in [0.2, 0.25) is 0 Å². The molecule has 1 heterocycles. The smallest absolute Gasteiger partial charge is 0.353 e. The number of rotatable bonds is 4. The summed E-state index contributed by atoms with van der Waals surface area (Å²) in [5, 5.41) is 15.8. The number of benzene rings is 1. The predicted octanol–water partition coefficient (Wildman–Crippen LogP) is 3.75. The van der Waals surface area contributed by atoms with Crippen molar-refractivity contribution in [3.8, 4) is 17.0 Å². The standard InChI is InChI=1S/C15H15ClN2O3/c16-11-7-9(12-8-13(15(19)20)18-17-12)5-6-14(11)21-10-3-1-2-4-10/h5-8,10H,1-4H2,(H,17,18)(H,19,20). The molecule has 2 aromatic rings. The van der Waals surface area contributed by atoms with Crippen molar-refractivity contribution in [1.82, 2.24) is 10.2 Å². The fourth-order valence-corrected chi connectivity index (χ4v) is 2.75. The molecule has 0 unspecified atom stereocenters. The molecule has 1 aliphatic carbocycles. The van der Waals surface area contributed by atoms with E-state index < -0.39 is 5.97 Å². The highest BCUT2D eigenvalue weighted by Gasteiger charge is 2.18. The number of aromatic nitrogens is 2. The number of halogens is 1. The number of carbonyl (C=O) groups is 1. The van der Waals surface area contributed by atoms with Crippen molar-refractivity contribution in [2.45, 2.75) is 31.8 Å². The maximum atomic E-state index is 10.8. The second-order valence-corrected chi connectivity index (χ2v) is 5.55. The second-order valence-electron chi connectivity index (χ2n) is 5.14. The van der Waals surface area contributed by atoms with Gasteiger partial charge in [-0.15, -0.1) is 0 Å². The third-order valence-electron chi connectivity index (χ3n) is 3.63. The van der Waals surface area contributed by atoms with E-state index in [0.717, 1.165) is 18.4 Å². The number of nitrogens with one attached hydrogen (secondary N) is 1. The highest BCUT2D eigenvalue weighted by molar-refractivity contribution is 6.32. The van der Waals surface area contributed by atoms with Gasteiger partial charge in [0.25, 0.3) is 0 Å². The summed E-state index contributed by atoms with van der Waals surface area (Å²) in [5.74, 6) is -0.373. The van der Waals surface area contributed by atoms with E-state index in [4.69, 9.17) is 21.4 Å². The van der Waals surface area contributed by atoms with Gasteiger partial charge in [0.05, 0.1) is 16.8 Å². The Labute approximate surface area is 126 Å². The van der Waals surface area contributed by atoms with Crippen LogP contribution in [-0.4, -0.2) is 27.4 Å². The zero-order valence-corrected chi connectivity index (χ0v) is 12.1. The minimum absolute atomic E-state index is 0.0485. The monoisotopic (exact) mass is 306 g/mol. The Bertz CT molecular complexity index is 663. The number of aromatic carboxylic acids is 1. The van der Waals surface area contributed by atoms with E-state index in [2.05, 4.69) is 10.2 Å². The van der Waals surface area contributed by atoms with Gasteiger partial charge < -0.3 is 9.84 Å². The molecule has 1 aromatic heterocycles. The summed E-state index contributed by atoms with van der Waals surface area (Å²) < 4.78 is 5.89. The predicted molar refractivity (Wildman–Crippen MR) is 78.9 cm³/mol. The Morgan fingerprint density at radius 1 is 1.33 bits per heavy atom. The molecule has 1 saturated carbocycles. The largest absolute Gasteiger partial charge is 0.489 e. The molecule has 21 heavy (non-hydrogen) atoms. The van der Waals surface area contributed by atoms with Crippen LogP contribution in [0.4, 0.5) is 0 Å². The first-order valence-corrected chi connectivity index (χ1v) is 7.26. The van der Waals surface area contributed by atoms with Crippen molar-refractivity contribution in [1.29, 1.82) is 0 Å². The van der Waals surface area contributed by atoms with Crippen molar-refractivity contribution < 1.29 is 14.6 Å². The lowest BCUT2D eigenvalue weighted by Gasteiger charge is -2.14. The van der Waals surface area contributed by atoms with Crippen LogP contribution in [0.25, 0.3) is 11.3 Å². The first-order chi connectivity index (χ1) is 10.1. The van der Waals surface area contributed by atoms with Crippen LogP contribution in [0, 0.1) is 0 Å². The Balaban J connectivity index is 1.80. The number of H-pyrrole nitrogens is 1. The molecule has 0 atom stereocenters. The van der Waals surface area contributed by atoms with Gasteiger partial charge in [0.15, 0.2) is 0 Å². The quantitative estimate of drug-likeness (QED) is 0.902. The Morgan fingerprint density at radius 2 is 2.10 bits per heavy atom. The first kappa shape index (κ1) is 13.9. The SMILES string of the molecule is O=C(O)c1cc(-c2ccc(OC3CCCC3)c(Cl)c2)n[nH]1. The molecule has 1 fully saturated rings. The highest BCUT2D eigenvalue weighted by atomic mass is 35.5. The van der Waals surface area contributed by atoms with E-state index in [-0.39, 0.29) is 11.8 Å². The number of aromatic amines is 1. The lowest BCUT2D eigenvalue weighted by Crippen LogP contribution is -2.11. The van der Waals surface area contributed by atoms with Crippen LogP contribution in [0.2, 0.25) is 5.02 Å². The number of nitrogens with zero attached hydrogens (tertiary/aromatic N) is 1. The number of hydrogen-bond acceptors (Lipinski definition) is 3. The molecular weight excluding hydrogens is 292 g/mol. The molecule has 0 bridgehead atoms. The number of carboxylic acid groups (broad SMARTS) is 1. The third kappa shape index (κ3) is 3.03. The Morgan fingerprint density at radius 3 is 2.71 bits per heavy atom. The number of carboxylic acids is 1. The average molecular weight is 307 g/mol. The maximum Gasteiger partial charge on any atom is 0.353 e. The first-order valence-electron chi connectivity index (χ1n) is 6.89. The van der Waals surface area contributed by atoms with E-state index in [1.54, 1.807) is 6.07 Å². The van der Waals surface area contributed by atoms with Crippen LogP contribution in [0.15, 0.2) is 24.3 Å². The fourth-order valence-electron chi connectivity index (χ4n) is 2.52. The van der Waals surface area contributed by atoms with Gasteiger partial charge in [-0.3, -0.25) is 5.10 Å². The van der Waals surface area contributed by atoms with Gasteiger partial charge in [-0.1, -0.05) is 11.6 Å². The molecule has 0 saturated heterocycles. The van der Waals surface area contributed by atoms with Crippen molar-refractivity contribution in [2.24, 2.45) is 0 Å². The summed E-state index contributed by atoms with van der Waals surface area (Å²) in [7, 11) is 0. The van der Waals surface area contributed by atoms with Gasteiger partial charge in [-0.2, -0.15) is 5.10 Å². The van der Waals surface area contributed by atoms with Crippen molar-refractivity contribution in [3.05, 3.63) is 35.0 Å². The highest BCUT2D eigenvalue weighted by Crippen LogP contribution is 2.33. The molecule has 0 spiro atoms. The summed E-state index contributed by atoms with van der Waals surface area (Å²) in [6.07, 6.45) is 4.79. The minimum atomic E-state index is -1.04. The molecule has 6 heteroatoms. The summed E-state index contributed by atoms with van der Waals surface area (Å²) in [5.41, 5.74) is 1.34. The fraction of sp³-hybridized carbons (Fsp3) is 0.333. The summed E-state index contributed by atoms with van der Waals surface area (Å²) in [4.78, 5) is 10.8. The van der Waals surface area contributed by atoms with E-state index in [0.29, 0.717) is 16.5 Å². The summed E-state index contributed by atoms with van der Waals surface area (Å²) in [6.45, 7) is 0. The van der Waals surface area contributed by atoms with Crippen molar-refractivity contribution >= 4 is 17.6 Å². The summed E-state index contributed by atoms with van der Waals surface area (Å²) in [6, 6.07) is 6.86. The lowest BCUT2D eigenvalue weighted by molar-refractivity contribution is 0.0690. The van der Waals surface area contributed by atoms with Crippen molar-refractivity contribution in [3.63, 3.8) is 0 Å². The molecule has 0 radical (unpaired) electrons. The van der Waals surface area contributed by atoms with Crippen LogP contribution in [0.3, 0.4) is 0 Å². The average Bonchev–Trinajstić information content (AvgIpc) is 3.12. The van der Waals surface area contributed by atoms with Gasteiger partial charge in [-0.25, -0.2) is 4.79 Å². The topological polar surface area (TPSA) is 75.2 Å². The minimum Gasteiger partial charge on any atom is -0.489 e. The van der Waals surface area contributed by atoms with Crippen LogP contribution in [0.5, 0.6) is 5.75 Å². The van der Waals surface area contributed by atoms with Gasteiger partial charge in [0, 0.05) is 5.56 Å². The maximum absolute atomic E-state index is 10.8. The molecule has 0 amide bonds. The summed E-state index contributed by atoms with van der Waals surface area (Å²) >= 11 is 6.25. The molecule has 110 valence electrons. The zero-order valence-electron chi connectivity index (χ0n) is 11.3. The second kappa shape index (κ2) is 5.77.